The first-order valence-electron chi connectivity index (χ1n) is 10.6. The summed E-state index contributed by atoms with van der Waals surface area (Å²) in [4.78, 5) is 4.22. The Kier molecular flexibility index (Phi) is 3.72. The maximum atomic E-state index is 10.9. The number of allylic oxidation sites excluding steroid dienone is 3. The molecule has 7 atom stereocenters. The summed E-state index contributed by atoms with van der Waals surface area (Å²) >= 11 is 0. The summed E-state index contributed by atoms with van der Waals surface area (Å²) in [5.74, 6) is 2.80. The second-order valence-electron chi connectivity index (χ2n) is 10.1. The van der Waals surface area contributed by atoms with E-state index in [2.05, 4.69) is 31.8 Å². The van der Waals surface area contributed by atoms with E-state index in [1.165, 1.54) is 12.0 Å². The molecule has 1 heterocycles. The zero-order valence-corrected chi connectivity index (χ0v) is 16.7. The van der Waals surface area contributed by atoms with Crippen molar-refractivity contribution in [3.05, 3.63) is 36.1 Å². The fourth-order valence-corrected chi connectivity index (χ4v) is 7.47. The van der Waals surface area contributed by atoms with Crippen LogP contribution in [0.4, 0.5) is 0 Å². The van der Waals surface area contributed by atoms with Crippen molar-refractivity contribution in [3.8, 4) is 0 Å². The molecule has 0 bridgehead atoms. The van der Waals surface area contributed by atoms with Gasteiger partial charge in [0.1, 0.15) is 5.76 Å². The highest BCUT2D eigenvalue weighted by molar-refractivity contribution is 5.59. The minimum Gasteiger partial charge on any atom is -0.510 e. The molecule has 1 aromatic heterocycles. The lowest BCUT2D eigenvalue weighted by Gasteiger charge is -2.59. The van der Waals surface area contributed by atoms with Gasteiger partial charge in [-0.1, -0.05) is 32.4 Å². The van der Waals surface area contributed by atoms with Gasteiger partial charge in [0.25, 0.3) is 0 Å². The first-order valence-corrected chi connectivity index (χ1v) is 10.6. The molecule has 0 aliphatic heterocycles. The number of hydrogen-bond acceptors (Lipinski definition) is 3. The number of hydrogen-bond donors (Lipinski definition) is 2. The van der Waals surface area contributed by atoms with E-state index in [4.69, 9.17) is 0 Å². The number of aromatic nitrogens is 2. The van der Waals surface area contributed by atoms with Crippen LogP contribution in [0.25, 0.3) is 5.70 Å². The van der Waals surface area contributed by atoms with Crippen molar-refractivity contribution in [1.29, 1.82) is 0 Å². The van der Waals surface area contributed by atoms with Crippen molar-refractivity contribution >= 4 is 5.70 Å². The smallest absolute Gasteiger partial charge is 0.113 e. The molecule has 5 rings (SSSR count). The van der Waals surface area contributed by atoms with Crippen LogP contribution in [0, 0.1) is 34.5 Å². The first-order chi connectivity index (χ1) is 12.8. The summed E-state index contributed by atoms with van der Waals surface area (Å²) in [7, 11) is 0. The van der Waals surface area contributed by atoms with E-state index in [0.717, 1.165) is 37.8 Å². The molecule has 146 valence electrons. The van der Waals surface area contributed by atoms with Crippen LogP contribution in [0.15, 0.2) is 36.1 Å². The van der Waals surface area contributed by atoms with Crippen LogP contribution in [0.1, 0.15) is 59.3 Å². The Morgan fingerprint density at radius 3 is 2.63 bits per heavy atom. The van der Waals surface area contributed by atoms with Gasteiger partial charge >= 0.3 is 0 Å². The average molecular weight is 369 g/mol. The topological polar surface area (TPSA) is 58.3 Å². The molecule has 2 N–H and O–H groups in total. The van der Waals surface area contributed by atoms with Crippen molar-refractivity contribution in [2.75, 3.05) is 0 Å². The number of aliphatic hydroxyl groups is 2. The molecule has 27 heavy (non-hydrogen) atoms. The van der Waals surface area contributed by atoms with E-state index in [9.17, 15) is 10.2 Å². The highest BCUT2D eigenvalue weighted by atomic mass is 16.3. The Balaban J connectivity index is 1.55. The van der Waals surface area contributed by atoms with Gasteiger partial charge in [-0.3, -0.25) is 0 Å². The quantitative estimate of drug-likeness (QED) is 0.701. The van der Waals surface area contributed by atoms with Gasteiger partial charge in [0, 0.05) is 24.2 Å². The monoisotopic (exact) mass is 368 g/mol. The molecule has 4 nitrogen and oxygen atoms in total. The number of imidazole rings is 1. The number of aliphatic hydroxyl groups excluding tert-OH is 2. The van der Waals surface area contributed by atoms with E-state index in [0.29, 0.717) is 29.4 Å². The highest BCUT2D eigenvalue weighted by Gasteiger charge is 2.60. The van der Waals surface area contributed by atoms with Crippen molar-refractivity contribution in [1.82, 2.24) is 9.55 Å². The number of fused-ring (bicyclic) bond motifs is 5. The molecule has 4 aliphatic rings. The zero-order valence-electron chi connectivity index (χ0n) is 16.7. The number of nitrogens with zero attached hydrogens (tertiary/aromatic N) is 2. The third-order valence-corrected chi connectivity index (χ3v) is 8.79. The summed E-state index contributed by atoms with van der Waals surface area (Å²) in [6.45, 7) is 7.19. The lowest BCUT2D eigenvalue weighted by molar-refractivity contribution is -0.0447. The van der Waals surface area contributed by atoms with Crippen LogP contribution < -0.4 is 0 Å². The van der Waals surface area contributed by atoms with Crippen LogP contribution in [-0.4, -0.2) is 25.9 Å². The molecular formula is C23H32N2O2. The molecule has 1 aromatic rings. The molecule has 0 aromatic carbocycles. The van der Waals surface area contributed by atoms with Gasteiger partial charge in [-0.05, 0) is 61.2 Å². The summed E-state index contributed by atoms with van der Waals surface area (Å²) < 4.78 is 2.04. The minimum absolute atomic E-state index is 0.0100. The van der Waals surface area contributed by atoms with Gasteiger partial charge in [-0.15, -0.1) is 0 Å². The molecule has 2 saturated carbocycles. The SMILES string of the molecule is CC1C=C2CC(O)CC[C@]2(C)[C@@H]2CC[C@]3(C)C(n4ccnc4)=C(O)C[C@H]3[C@H]12. The second kappa shape index (κ2) is 5.73. The van der Waals surface area contributed by atoms with Crippen LogP contribution in [0.5, 0.6) is 0 Å². The third-order valence-electron chi connectivity index (χ3n) is 8.79. The molecule has 0 spiro atoms. The maximum Gasteiger partial charge on any atom is 0.113 e. The third kappa shape index (κ3) is 2.28. The van der Waals surface area contributed by atoms with Gasteiger partial charge < -0.3 is 14.8 Å². The highest BCUT2D eigenvalue weighted by Crippen LogP contribution is 2.67. The Labute approximate surface area is 162 Å². The minimum atomic E-state index is -0.160. The van der Waals surface area contributed by atoms with Crippen LogP contribution >= 0.6 is 0 Å². The first kappa shape index (κ1) is 17.5. The normalized spacial score (nSPS) is 46.5. The van der Waals surface area contributed by atoms with Gasteiger partial charge in [-0.2, -0.15) is 0 Å². The Morgan fingerprint density at radius 2 is 1.89 bits per heavy atom. The molecular weight excluding hydrogens is 336 g/mol. The Morgan fingerprint density at radius 1 is 1.11 bits per heavy atom. The van der Waals surface area contributed by atoms with E-state index in [-0.39, 0.29) is 16.9 Å². The molecule has 2 unspecified atom stereocenters. The predicted octanol–water partition coefficient (Wildman–Crippen LogP) is 4.79. The second-order valence-corrected chi connectivity index (χ2v) is 10.1. The van der Waals surface area contributed by atoms with Crippen LogP contribution in [-0.2, 0) is 0 Å². The summed E-state index contributed by atoms with van der Waals surface area (Å²) in [6, 6.07) is 0. The van der Waals surface area contributed by atoms with Crippen molar-refractivity contribution in [2.24, 2.45) is 34.5 Å². The van der Waals surface area contributed by atoms with Gasteiger partial charge in [-0.25, -0.2) is 4.98 Å². The predicted molar refractivity (Wildman–Crippen MR) is 106 cm³/mol. The van der Waals surface area contributed by atoms with Crippen molar-refractivity contribution < 1.29 is 10.2 Å². The van der Waals surface area contributed by atoms with E-state index in [1.807, 2.05) is 17.1 Å². The lowest BCUT2D eigenvalue weighted by atomic mass is 9.46. The van der Waals surface area contributed by atoms with Crippen molar-refractivity contribution in [3.63, 3.8) is 0 Å². The molecule has 4 heteroatoms. The molecule has 0 saturated heterocycles. The molecule has 0 radical (unpaired) electrons. The Bertz CT molecular complexity index is 810. The average Bonchev–Trinajstić information content (AvgIpc) is 3.21. The fourth-order valence-electron chi connectivity index (χ4n) is 7.47. The standard InChI is InChI=1S/C23H32N2O2/c1-14-10-15-11-16(26)4-6-22(15,2)17-5-7-23(3)18(20(14)17)12-19(27)21(23)25-9-8-24-13-25/h8-10,13-14,16-18,20,26-27H,4-7,11-12H2,1-3H3/t14?,16?,17-,18+,20-,22+,23+/m1/s1. The van der Waals surface area contributed by atoms with Crippen molar-refractivity contribution in [2.45, 2.75) is 65.4 Å². The maximum absolute atomic E-state index is 10.9. The summed E-state index contributed by atoms with van der Waals surface area (Å²) in [6.07, 6.45) is 13.9. The Hall–Kier alpha value is -1.55. The summed E-state index contributed by atoms with van der Waals surface area (Å²) in [5, 5.41) is 21.2. The van der Waals surface area contributed by atoms with E-state index >= 15 is 0 Å². The van der Waals surface area contributed by atoms with E-state index < -0.39 is 0 Å². The van der Waals surface area contributed by atoms with E-state index in [1.54, 1.807) is 6.20 Å². The molecule has 4 aliphatic carbocycles. The van der Waals surface area contributed by atoms with Gasteiger partial charge in [0.15, 0.2) is 0 Å². The van der Waals surface area contributed by atoms with Gasteiger partial charge in [0.2, 0.25) is 0 Å². The fraction of sp³-hybridized carbons (Fsp3) is 0.696. The van der Waals surface area contributed by atoms with Crippen LogP contribution in [0.3, 0.4) is 0 Å². The molecule has 2 fully saturated rings. The largest absolute Gasteiger partial charge is 0.510 e. The lowest BCUT2D eigenvalue weighted by Crippen LogP contribution is -2.52. The molecule has 0 amide bonds. The van der Waals surface area contributed by atoms with Crippen LogP contribution in [0.2, 0.25) is 0 Å². The number of rotatable bonds is 1. The zero-order chi connectivity index (χ0) is 19.0. The summed E-state index contributed by atoms with van der Waals surface area (Å²) in [5.41, 5.74) is 2.82. The van der Waals surface area contributed by atoms with Gasteiger partial charge in [0.05, 0.1) is 18.1 Å².